The average Bonchev–Trinajstić information content (AvgIpc) is 3.92. The number of nitrogens with one attached hydrogen (secondary N) is 3. The molecular formula is C35H42N12O5. The van der Waals surface area contributed by atoms with Crippen molar-refractivity contribution in [3.63, 3.8) is 0 Å². The Balaban J connectivity index is 0.000000142. The van der Waals surface area contributed by atoms with E-state index in [0.717, 1.165) is 70.6 Å². The molecule has 8 heterocycles. The highest BCUT2D eigenvalue weighted by Gasteiger charge is 2.31. The minimum absolute atomic E-state index is 0. The molecule has 52 heavy (non-hydrogen) atoms. The van der Waals surface area contributed by atoms with Gasteiger partial charge in [-0.05, 0) is 56.2 Å². The lowest BCUT2D eigenvalue weighted by atomic mass is 10.1. The highest BCUT2D eigenvalue weighted by atomic mass is 16.5. The summed E-state index contributed by atoms with van der Waals surface area (Å²) in [5.41, 5.74) is 8.67. The van der Waals surface area contributed by atoms with Gasteiger partial charge in [-0.1, -0.05) is 17.7 Å². The zero-order valence-electron chi connectivity index (χ0n) is 27.8. The van der Waals surface area contributed by atoms with Gasteiger partial charge in [0.1, 0.15) is 47.1 Å². The first-order valence-corrected chi connectivity index (χ1v) is 17.2. The molecule has 272 valence electrons. The molecule has 6 aromatic rings. The quantitative estimate of drug-likeness (QED) is 0.158. The van der Waals surface area contributed by atoms with Crippen LogP contribution in [-0.2, 0) is 25.9 Å². The van der Waals surface area contributed by atoms with Gasteiger partial charge in [0.25, 0.3) is 5.91 Å². The second-order valence-electron chi connectivity index (χ2n) is 13.2. The van der Waals surface area contributed by atoms with E-state index >= 15 is 0 Å². The summed E-state index contributed by atoms with van der Waals surface area (Å²) in [6, 6.07) is 3.88. The van der Waals surface area contributed by atoms with E-state index in [1.54, 1.807) is 12.5 Å². The second-order valence-corrected chi connectivity index (χ2v) is 13.2. The third-order valence-electron chi connectivity index (χ3n) is 9.62. The van der Waals surface area contributed by atoms with Gasteiger partial charge in [0.05, 0.1) is 23.9 Å². The molecule has 2 saturated carbocycles. The Hall–Kier alpha value is -5.84. The summed E-state index contributed by atoms with van der Waals surface area (Å²) in [5, 5.41) is 21.7. The van der Waals surface area contributed by atoms with Crippen molar-refractivity contribution in [2.45, 2.75) is 59.0 Å². The zero-order chi connectivity index (χ0) is 34.9. The molecule has 0 unspecified atom stereocenters. The third kappa shape index (κ3) is 7.16. The maximum absolute atomic E-state index is 12.4. The number of nitrogens with zero attached hydrogens (tertiary/aromatic N) is 8. The largest absolute Gasteiger partial charge is 0.476 e. The fraction of sp³-hybridized carbons (Fsp3) is 0.429. The highest BCUT2D eigenvalue weighted by Crippen LogP contribution is 2.32. The van der Waals surface area contributed by atoms with E-state index in [2.05, 4.69) is 50.4 Å². The van der Waals surface area contributed by atoms with Crippen LogP contribution in [-0.4, -0.2) is 83.4 Å². The Morgan fingerprint density at radius 1 is 0.808 bits per heavy atom. The van der Waals surface area contributed by atoms with Gasteiger partial charge in [-0.15, -0.1) is 0 Å². The van der Waals surface area contributed by atoms with Gasteiger partial charge in [-0.2, -0.15) is 0 Å². The monoisotopic (exact) mass is 710 g/mol. The summed E-state index contributed by atoms with van der Waals surface area (Å²) in [6.07, 6.45) is 13.2. The molecule has 0 radical (unpaired) electrons. The van der Waals surface area contributed by atoms with E-state index in [1.807, 2.05) is 23.2 Å². The lowest BCUT2D eigenvalue weighted by Gasteiger charge is -2.27. The SMILES string of the molecule is C.NCC1CC1.O=C(NCC1CC1)c1noc2c1CN(c1ncnc3[nH]ccc13)CC2.O=C(O)c1noc2c1CN(c1ncnc3[nH]ccc13)CC2. The predicted molar refractivity (Wildman–Crippen MR) is 191 cm³/mol. The van der Waals surface area contributed by atoms with E-state index < -0.39 is 5.97 Å². The number of hydrogen-bond acceptors (Lipinski definition) is 13. The molecule has 6 N–H and O–H groups in total. The topological polar surface area (TPSA) is 234 Å². The summed E-state index contributed by atoms with van der Waals surface area (Å²) in [5.74, 6) is 3.41. The fourth-order valence-electron chi connectivity index (χ4n) is 6.34. The number of fused-ring (bicyclic) bond motifs is 4. The van der Waals surface area contributed by atoms with Gasteiger partial charge in [-0.3, -0.25) is 4.79 Å². The van der Waals surface area contributed by atoms with Crippen molar-refractivity contribution in [2.24, 2.45) is 17.6 Å². The molecule has 10 rings (SSSR count). The van der Waals surface area contributed by atoms with Gasteiger partial charge < -0.3 is 45.0 Å². The lowest BCUT2D eigenvalue weighted by Crippen LogP contribution is -2.33. The Kier molecular flexibility index (Phi) is 9.84. The molecule has 0 bridgehead atoms. The molecule has 2 fully saturated rings. The van der Waals surface area contributed by atoms with Crippen molar-refractivity contribution in [3.05, 3.63) is 71.2 Å². The molecule has 1 amide bonds. The van der Waals surface area contributed by atoms with Crippen molar-refractivity contribution < 1.29 is 23.7 Å². The van der Waals surface area contributed by atoms with Crippen LogP contribution < -0.4 is 20.9 Å². The molecular weight excluding hydrogens is 668 g/mol. The minimum Gasteiger partial charge on any atom is -0.476 e. The first kappa shape index (κ1) is 34.6. The third-order valence-corrected chi connectivity index (χ3v) is 9.62. The molecule has 4 aliphatic rings. The van der Waals surface area contributed by atoms with E-state index in [-0.39, 0.29) is 19.0 Å². The number of rotatable bonds is 7. The number of anilines is 2. The first-order chi connectivity index (χ1) is 25.0. The van der Waals surface area contributed by atoms with Crippen LogP contribution in [0.1, 0.15) is 76.7 Å². The maximum atomic E-state index is 12.4. The smallest absolute Gasteiger partial charge is 0.358 e. The number of carboxylic acids is 1. The minimum atomic E-state index is -1.07. The van der Waals surface area contributed by atoms with Crippen molar-refractivity contribution in [2.75, 3.05) is 36.0 Å². The summed E-state index contributed by atoms with van der Waals surface area (Å²) in [6.45, 7) is 4.07. The van der Waals surface area contributed by atoms with Crippen LogP contribution in [0.3, 0.4) is 0 Å². The number of aromatic carboxylic acids is 1. The molecule has 0 atom stereocenters. The molecule has 0 saturated heterocycles. The van der Waals surface area contributed by atoms with Crippen molar-refractivity contribution in [3.8, 4) is 0 Å². The number of carbonyl (C=O) groups excluding carboxylic acids is 1. The molecule has 2 aliphatic heterocycles. The Bertz CT molecular complexity index is 2180. The number of amides is 1. The van der Waals surface area contributed by atoms with Crippen molar-refractivity contribution in [1.82, 2.24) is 45.5 Å². The number of carbonyl (C=O) groups is 2. The van der Waals surface area contributed by atoms with E-state index in [4.69, 9.17) is 19.9 Å². The Labute approximate surface area is 298 Å². The van der Waals surface area contributed by atoms with Crippen LogP contribution in [0.5, 0.6) is 0 Å². The average molecular weight is 711 g/mol. The summed E-state index contributed by atoms with van der Waals surface area (Å²) in [4.78, 5) is 51.1. The lowest BCUT2D eigenvalue weighted by molar-refractivity contribution is 0.0684. The molecule has 2 aliphatic carbocycles. The van der Waals surface area contributed by atoms with Crippen molar-refractivity contribution >= 4 is 45.6 Å². The van der Waals surface area contributed by atoms with E-state index in [0.29, 0.717) is 55.4 Å². The van der Waals surface area contributed by atoms with Crippen LogP contribution in [0.25, 0.3) is 22.1 Å². The van der Waals surface area contributed by atoms with Crippen molar-refractivity contribution in [1.29, 1.82) is 0 Å². The van der Waals surface area contributed by atoms with Gasteiger partial charge in [0.2, 0.25) is 0 Å². The number of carboxylic acid groups (broad SMARTS) is 1. The standard InChI is InChI=1S/C17H18N6O2.C13H11N5O3.C4H9N.CH4/c24-17(19-7-10-1-2-10)14-12-8-23(6-4-13(12)25-22-14)16-11-3-5-18-15(11)20-9-21-16;19-13(20)10-8-5-18(4-2-9(8)21-17-10)12-7-1-3-14-11(7)15-6-16-12;5-3-4-1-2-4;/h3,5,9-10H,1-2,4,6-8H2,(H,19,24)(H,18,20,21);1,3,6H,2,4-5H2,(H,19,20)(H,14,15,16);4H,1-3,5H2;1H4. The normalized spacial score (nSPS) is 16.2. The fourth-order valence-corrected chi connectivity index (χ4v) is 6.34. The summed E-state index contributed by atoms with van der Waals surface area (Å²) in [7, 11) is 0. The maximum Gasteiger partial charge on any atom is 0.358 e. The predicted octanol–water partition coefficient (Wildman–Crippen LogP) is 3.85. The van der Waals surface area contributed by atoms with E-state index in [9.17, 15) is 9.59 Å². The first-order valence-electron chi connectivity index (χ1n) is 17.2. The van der Waals surface area contributed by atoms with E-state index in [1.165, 1.54) is 32.0 Å². The molecule has 17 heteroatoms. The number of H-pyrrole nitrogens is 2. The molecule has 0 spiro atoms. The van der Waals surface area contributed by atoms with Crippen LogP contribution in [0.2, 0.25) is 0 Å². The van der Waals surface area contributed by atoms with Gasteiger partial charge >= 0.3 is 5.97 Å². The molecule has 17 nitrogen and oxygen atoms in total. The summed E-state index contributed by atoms with van der Waals surface area (Å²) < 4.78 is 10.5. The van der Waals surface area contributed by atoms with Crippen LogP contribution in [0.15, 0.2) is 46.2 Å². The Morgan fingerprint density at radius 3 is 1.81 bits per heavy atom. The number of hydrogen-bond donors (Lipinski definition) is 5. The highest BCUT2D eigenvalue weighted by molar-refractivity contribution is 5.94. The number of nitrogens with two attached hydrogens (primary N) is 1. The van der Waals surface area contributed by atoms with Gasteiger partial charge in [0.15, 0.2) is 11.4 Å². The van der Waals surface area contributed by atoms with Gasteiger partial charge in [0, 0.05) is 56.0 Å². The number of aromatic amines is 2. The van der Waals surface area contributed by atoms with Gasteiger partial charge in [-0.25, -0.2) is 24.7 Å². The van der Waals surface area contributed by atoms with Crippen LogP contribution in [0, 0.1) is 11.8 Å². The molecule has 0 aromatic carbocycles. The van der Waals surface area contributed by atoms with Crippen LogP contribution in [0.4, 0.5) is 11.6 Å². The second kappa shape index (κ2) is 14.8. The Morgan fingerprint density at radius 2 is 1.33 bits per heavy atom. The zero-order valence-corrected chi connectivity index (χ0v) is 27.8. The molecule has 6 aromatic heterocycles. The number of aromatic nitrogens is 8. The van der Waals surface area contributed by atoms with Crippen LogP contribution >= 0.6 is 0 Å². The summed E-state index contributed by atoms with van der Waals surface area (Å²) >= 11 is 0.